The van der Waals surface area contributed by atoms with Crippen LogP contribution in [0.4, 0.5) is 4.39 Å². The van der Waals surface area contributed by atoms with Crippen molar-refractivity contribution in [2.75, 3.05) is 13.1 Å². The fraction of sp³-hybridized carbons (Fsp3) is 0.278. The molecule has 25 heavy (non-hydrogen) atoms. The van der Waals surface area contributed by atoms with Crippen molar-refractivity contribution in [1.82, 2.24) is 15.1 Å². The molecule has 0 spiro atoms. The maximum Gasteiger partial charge on any atom is 0.270 e. The minimum absolute atomic E-state index is 0.193. The summed E-state index contributed by atoms with van der Waals surface area (Å²) in [5.74, 6) is -0.863. The van der Waals surface area contributed by atoms with E-state index in [1.165, 1.54) is 36.3 Å². The predicted octanol–water partition coefficient (Wildman–Crippen LogP) is 3.19. The summed E-state index contributed by atoms with van der Waals surface area (Å²) in [7, 11) is 0. The Morgan fingerprint density at radius 3 is 2.60 bits per heavy atom. The van der Waals surface area contributed by atoms with E-state index in [4.69, 9.17) is 5.73 Å². The number of thiophene rings is 1. The van der Waals surface area contributed by atoms with Crippen LogP contribution in [0.1, 0.15) is 29.0 Å². The second-order valence-corrected chi connectivity index (χ2v) is 7.26. The summed E-state index contributed by atoms with van der Waals surface area (Å²) >= 11 is 1.44. The first-order valence-electron chi connectivity index (χ1n) is 8.19. The molecule has 0 saturated carbocycles. The maximum absolute atomic E-state index is 13.2. The Morgan fingerprint density at radius 1 is 1.20 bits per heavy atom. The largest absolute Gasteiger partial charge is 0.364 e. The van der Waals surface area contributed by atoms with E-state index in [2.05, 4.69) is 15.1 Å². The predicted molar refractivity (Wildman–Crippen MR) is 95.8 cm³/mol. The quantitative estimate of drug-likeness (QED) is 0.779. The van der Waals surface area contributed by atoms with Crippen LogP contribution in [0.2, 0.25) is 0 Å². The number of benzene rings is 1. The highest BCUT2D eigenvalue weighted by Crippen LogP contribution is 2.36. The highest BCUT2D eigenvalue weighted by atomic mass is 32.1. The first-order valence-corrected chi connectivity index (χ1v) is 9.00. The van der Waals surface area contributed by atoms with Crippen molar-refractivity contribution in [3.63, 3.8) is 0 Å². The van der Waals surface area contributed by atoms with Crippen LogP contribution in [0.25, 0.3) is 20.5 Å². The number of rotatable bonds is 4. The lowest BCUT2D eigenvalue weighted by atomic mass is 10.1. The Labute approximate surface area is 148 Å². The number of fused-ring (bicyclic) bond motifs is 1. The smallest absolute Gasteiger partial charge is 0.270 e. The molecule has 1 saturated heterocycles. The minimum Gasteiger partial charge on any atom is -0.364 e. The maximum atomic E-state index is 13.2. The molecule has 1 amide bonds. The number of hydrogen-bond donors (Lipinski definition) is 1. The lowest BCUT2D eigenvalue weighted by Gasteiger charge is -2.14. The molecule has 3 heterocycles. The number of carbonyl (C=O) groups excluding carboxylic acids is 1. The lowest BCUT2D eigenvalue weighted by molar-refractivity contribution is 0.0996. The summed E-state index contributed by atoms with van der Waals surface area (Å²) in [6.45, 7) is 2.81. The third-order valence-corrected chi connectivity index (χ3v) is 5.65. The summed E-state index contributed by atoms with van der Waals surface area (Å²) in [5.41, 5.74) is 7.41. The highest BCUT2D eigenvalue weighted by molar-refractivity contribution is 7.22. The number of carbonyl (C=O) groups is 1. The van der Waals surface area contributed by atoms with Gasteiger partial charge in [0.1, 0.15) is 5.82 Å². The molecule has 0 unspecified atom stereocenters. The van der Waals surface area contributed by atoms with Gasteiger partial charge in [-0.05, 0) is 49.7 Å². The molecule has 5 nitrogen and oxygen atoms in total. The van der Waals surface area contributed by atoms with E-state index in [0.29, 0.717) is 6.54 Å². The SMILES string of the molecule is NC(=O)c1nnc(CN2CCCC2)c2cc(-c3ccc(F)cc3)sc12. The first-order chi connectivity index (χ1) is 12.1. The Balaban J connectivity index is 1.82. The topological polar surface area (TPSA) is 72.1 Å². The Bertz CT molecular complexity index is 932. The Hall–Kier alpha value is -2.38. The molecule has 2 N–H and O–H groups in total. The third-order valence-electron chi connectivity index (χ3n) is 4.46. The monoisotopic (exact) mass is 356 g/mol. The van der Waals surface area contributed by atoms with Gasteiger partial charge in [-0.3, -0.25) is 9.69 Å². The van der Waals surface area contributed by atoms with Crippen molar-refractivity contribution >= 4 is 27.3 Å². The number of nitrogens with two attached hydrogens (primary N) is 1. The Kier molecular flexibility index (Phi) is 4.19. The highest BCUT2D eigenvalue weighted by Gasteiger charge is 2.20. The van der Waals surface area contributed by atoms with Crippen LogP contribution in [0.3, 0.4) is 0 Å². The lowest BCUT2D eigenvalue weighted by Crippen LogP contribution is -2.21. The zero-order valence-corrected chi connectivity index (χ0v) is 14.4. The van der Waals surface area contributed by atoms with E-state index < -0.39 is 5.91 Å². The van der Waals surface area contributed by atoms with E-state index in [1.807, 2.05) is 6.07 Å². The van der Waals surface area contributed by atoms with Gasteiger partial charge in [0.05, 0.1) is 10.4 Å². The van der Waals surface area contributed by atoms with E-state index in [1.54, 1.807) is 12.1 Å². The molecule has 2 aromatic heterocycles. The van der Waals surface area contributed by atoms with Crippen molar-refractivity contribution < 1.29 is 9.18 Å². The number of nitrogens with zero attached hydrogens (tertiary/aromatic N) is 3. The van der Waals surface area contributed by atoms with Gasteiger partial charge in [-0.1, -0.05) is 12.1 Å². The average Bonchev–Trinajstić information content (AvgIpc) is 3.25. The summed E-state index contributed by atoms with van der Waals surface area (Å²) in [5, 5.41) is 9.24. The van der Waals surface area contributed by atoms with Gasteiger partial charge in [-0.15, -0.1) is 16.4 Å². The summed E-state index contributed by atoms with van der Waals surface area (Å²) in [6.07, 6.45) is 2.39. The summed E-state index contributed by atoms with van der Waals surface area (Å²) in [6, 6.07) is 8.31. The fourth-order valence-corrected chi connectivity index (χ4v) is 4.35. The molecule has 3 aromatic rings. The number of amides is 1. The van der Waals surface area contributed by atoms with Crippen LogP contribution in [0, 0.1) is 5.82 Å². The number of aromatic nitrogens is 2. The average molecular weight is 356 g/mol. The third kappa shape index (κ3) is 3.12. The minimum atomic E-state index is -0.585. The molecule has 1 fully saturated rings. The van der Waals surface area contributed by atoms with Crippen molar-refractivity contribution in [2.24, 2.45) is 5.73 Å². The molecule has 1 aliphatic heterocycles. The van der Waals surface area contributed by atoms with Crippen molar-refractivity contribution in [3.05, 3.63) is 47.5 Å². The van der Waals surface area contributed by atoms with Gasteiger partial charge < -0.3 is 5.73 Å². The molecule has 0 atom stereocenters. The van der Waals surface area contributed by atoms with Crippen LogP contribution in [-0.4, -0.2) is 34.1 Å². The second-order valence-electron chi connectivity index (χ2n) is 6.20. The van der Waals surface area contributed by atoms with Crippen molar-refractivity contribution in [2.45, 2.75) is 19.4 Å². The summed E-state index contributed by atoms with van der Waals surface area (Å²) < 4.78 is 13.9. The second kappa shape index (κ2) is 6.50. The number of likely N-dealkylation sites (tertiary alicyclic amines) is 1. The molecule has 0 radical (unpaired) electrons. The van der Waals surface area contributed by atoms with Gasteiger partial charge >= 0.3 is 0 Å². The Morgan fingerprint density at radius 2 is 1.92 bits per heavy atom. The van der Waals surface area contributed by atoms with Crippen LogP contribution in [0.15, 0.2) is 30.3 Å². The molecular formula is C18H17FN4OS. The normalized spacial score (nSPS) is 15.1. The zero-order valence-electron chi connectivity index (χ0n) is 13.5. The molecule has 128 valence electrons. The molecule has 4 rings (SSSR count). The van der Waals surface area contributed by atoms with E-state index in [0.717, 1.165) is 39.3 Å². The van der Waals surface area contributed by atoms with Gasteiger partial charge in [0.2, 0.25) is 0 Å². The van der Waals surface area contributed by atoms with Crippen LogP contribution in [-0.2, 0) is 6.54 Å². The van der Waals surface area contributed by atoms with Crippen molar-refractivity contribution in [3.8, 4) is 10.4 Å². The van der Waals surface area contributed by atoms with Gasteiger partial charge in [-0.25, -0.2) is 4.39 Å². The molecule has 7 heteroatoms. The fourth-order valence-electron chi connectivity index (χ4n) is 3.18. The molecule has 1 aliphatic rings. The molecule has 0 aliphatic carbocycles. The van der Waals surface area contributed by atoms with E-state index >= 15 is 0 Å². The molecule has 1 aromatic carbocycles. The standard InChI is InChI=1S/C18H17FN4OS/c19-12-5-3-11(4-6-12)15-9-13-14(10-23-7-1-2-8-23)21-22-16(18(20)24)17(13)25-15/h3-6,9H,1-2,7-8,10H2,(H2,20,24). The van der Waals surface area contributed by atoms with Gasteiger partial charge in [-0.2, -0.15) is 5.10 Å². The van der Waals surface area contributed by atoms with Crippen LogP contribution in [0.5, 0.6) is 0 Å². The van der Waals surface area contributed by atoms with Gasteiger partial charge in [0.15, 0.2) is 5.69 Å². The van der Waals surface area contributed by atoms with E-state index in [-0.39, 0.29) is 11.5 Å². The zero-order chi connectivity index (χ0) is 17.4. The first kappa shape index (κ1) is 16.1. The molecule has 0 bridgehead atoms. The van der Waals surface area contributed by atoms with E-state index in [9.17, 15) is 9.18 Å². The summed E-state index contributed by atoms with van der Waals surface area (Å²) in [4.78, 5) is 15.0. The van der Waals surface area contributed by atoms with Gasteiger partial charge in [0, 0.05) is 16.8 Å². The number of halogens is 1. The van der Waals surface area contributed by atoms with Gasteiger partial charge in [0.25, 0.3) is 5.91 Å². The van der Waals surface area contributed by atoms with Crippen LogP contribution >= 0.6 is 11.3 Å². The van der Waals surface area contributed by atoms with Crippen LogP contribution < -0.4 is 5.73 Å². The number of primary amides is 1. The van der Waals surface area contributed by atoms with Crippen molar-refractivity contribution in [1.29, 1.82) is 0 Å². The number of hydrogen-bond acceptors (Lipinski definition) is 5. The molecular weight excluding hydrogens is 339 g/mol.